The highest BCUT2D eigenvalue weighted by Gasteiger charge is 2.13. The number of aromatic nitrogens is 4. The van der Waals surface area contributed by atoms with Crippen molar-refractivity contribution in [3.8, 4) is 17.0 Å². The van der Waals surface area contributed by atoms with Gasteiger partial charge in [-0.25, -0.2) is 18.9 Å². The largest absolute Gasteiger partial charge is 0.497 e. The SMILES string of the molecule is COc1ccc(-c2cc3nn(Cc4ccc(C)cc4)c(=O)n3c(C)n2)cc1. The van der Waals surface area contributed by atoms with Crippen molar-refractivity contribution in [3.63, 3.8) is 0 Å². The molecule has 2 aromatic heterocycles. The second-order valence-electron chi connectivity index (χ2n) is 6.54. The summed E-state index contributed by atoms with van der Waals surface area (Å²) in [5.41, 5.74) is 4.34. The molecule has 0 aliphatic carbocycles. The molecule has 0 amide bonds. The number of rotatable bonds is 4. The van der Waals surface area contributed by atoms with Crippen LogP contribution in [0.1, 0.15) is 17.0 Å². The first-order valence-electron chi connectivity index (χ1n) is 8.72. The zero-order valence-electron chi connectivity index (χ0n) is 15.5. The zero-order chi connectivity index (χ0) is 19.0. The Bertz CT molecular complexity index is 1160. The number of nitrogens with zero attached hydrogens (tertiary/aromatic N) is 4. The van der Waals surface area contributed by atoms with Gasteiger partial charge in [-0.3, -0.25) is 0 Å². The molecule has 0 radical (unpaired) electrons. The summed E-state index contributed by atoms with van der Waals surface area (Å²) >= 11 is 0. The Kier molecular flexibility index (Phi) is 4.24. The van der Waals surface area contributed by atoms with Gasteiger partial charge in [-0.05, 0) is 43.7 Å². The number of hydrogen-bond acceptors (Lipinski definition) is 4. The van der Waals surface area contributed by atoms with Gasteiger partial charge in [0.25, 0.3) is 0 Å². The minimum Gasteiger partial charge on any atom is -0.497 e. The van der Waals surface area contributed by atoms with Gasteiger partial charge in [0.1, 0.15) is 11.6 Å². The second kappa shape index (κ2) is 6.72. The summed E-state index contributed by atoms with van der Waals surface area (Å²) < 4.78 is 8.22. The highest BCUT2D eigenvalue weighted by atomic mass is 16.5. The number of aryl methyl sites for hydroxylation is 2. The smallest absolute Gasteiger partial charge is 0.352 e. The first-order chi connectivity index (χ1) is 13.0. The lowest BCUT2D eigenvalue weighted by Crippen LogP contribution is -2.23. The number of fused-ring (bicyclic) bond motifs is 1. The molecule has 4 rings (SSSR count). The maximum atomic E-state index is 12.8. The molecule has 2 heterocycles. The zero-order valence-corrected chi connectivity index (χ0v) is 15.5. The third kappa shape index (κ3) is 3.21. The summed E-state index contributed by atoms with van der Waals surface area (Å²) in [4.78, 5) is 17.3. The Hall–Kier alpha value is -3.41. The molecule has 6 nitrogen and oxygen atoms in total. The van der Waals surface area contributed by atoms with Gasteiger partial charge >= 0.3 is 5.69 Å². The van der Waals surface area contributed by atoms with Gasteiger partial charge in [0.2, 0.25) is 0 Å². The molecule has 0 unspecified atom stereocenters. The molecule has 136 valence electrons. The topological polar surface area (TPSA) is 61.4 Å². The molecule has 4 aromatic rings. The van der Waals surface area contributed by atoms with Crippen LogP contribution in [0.5, 0.6) is 5.75 Å². The summed E-state index contributed by atoms with van der Waals surface area (Å²) in [5.74, 6) is 1.40. The van der Waals surface area contributed by atoms with Gasteiger partial charge in [0.05, 0.1) is 19.3 Å². The third-order valence-electron chi connectivity index (χ3n) is 4.57. The fraction of sp³-hybridized carbons (Fsp3) is 0.190. The Labute approximate surface area is 156 Å². The number of ether oxygens (including phenoxy) is 1. The lowest BCUT2D eigenvalue weighted by atomic mass is 10.1. The molecular formula is C21H20N4O2. The lowest BCUT2D eigenvalue weighted by molar-refractivity contribution is 0.415. The lowest BCUT2D eigenvalue weighted by Gasteiger charge is -2.05. The molecular weight excluding hydrogens is 340 g/mol. The van der Waals surface area contributed by atoms with E-state index in [4.69, 9.17) is 4.74 Å². The molecule has 2 aromatic carbocycles. The minimum atomic E-state index is -0.183. The van der Waals surface area contributed by atoms with Crippen molar-refractivity contribution in [1.29, 1.82) is 0 Å². The van der Waals surface area contributed by atoms with Gasteiger partial charge in [0, 0.05) is 11.6 Å². The Morgan fingerprint density at radius 2 is 1.70 bits per heavy atom. The van der Waals surface area contributed by atoms with E-state index in [1.165, 1.54) is 10.2 Å². The molecule has 0 aliphatic heterocycles. The molecule has 27 heavy (non-hydrogen) atoms. The fourth-order valence-corrected chi connectivity index (χ4v) is 3.08. The van der Waals surface area contributed by atoms with E-state index in [1.807, 2.05) is 68.4 Å². The monoisotopic (exact) mass is 360 g/mol. The van der Waals surface area contributed by atoms with Gasteiger partial charge in [-0.15, -0.1) is 5.10 Å². The maximum absolute atomic E-state index is 12.8. The average Bonchev–Trinajstić information content (AvgIpc) is 2.99. The Balaban J connectivity index is 1.76. The van der Waals surface area contributed by atoms with E-state index in [-0.39, 0.29) is 5.69 Å². The van der Waals surface area contributed by atoms with Crippen LogP contribution in [-0.4, -0.2) is 26.3 Å². The average molecular weight is 360 g/mol. The summed E-state index contributed by atoms with van der Waals surface area (Å²) in [6.07, 6.45) is 0. The van der Waals surface area contributed by atoms with E-state index in [0.717, 1.165) is 22.6 Å². The number of hydrogen-bond donors (Lipinski definition) is 0. The molecule has 0 spiro atoms. The van der Waals surface area contributed by atoms with Crippen LogP contribution in [0, 0.1) is 13.8 Å². The van der Waals surface area contributed by atoms with E-state index in [2.05, 4.69) is 10.1 Å². The van der Waals surface area contributed by atoms with Crippen molar-refractivity contribution in [2.75, 3.05) is 7.11 Å². The first-order valence-corrected chi connectivity index (χ1v) is 8.72. The Morgan fingerprint density at radius 1 is 1.00 bits per heavy atom. The highest BCUT2D eigenvalue weighted by molar-refractivity contribution is 5.64. The molecule has 0 fully saturated rings. The van der Waals surface area contributed by atoms with E-state index in [9.17, 15) is 4.79 Å². The van der Waals surface area contributed by atoms with E-state index >= 15 is 0 Å². The quantitative estimate of drug-likeness (QED) is 0.561. The van der Waals surface area contributed by atoms with E-state index in [1.54, 1.807) is 11.5 Å². The van der Waals surface area contributed by atoms with Crippen LogP contribution in [0.25, 0.3) is 16.9 Å². The van der Waals surface area contributed by atoms with Crippen molar-refractivity contribution < 1.29 is 4.74 Å². The predicted molar refractivity (Wildman–Crippen MR) is 104 cm³/mol. The van der Waals surface area contributed by atoms with Crippen molar-refractivity contribution in [2.45, 2.75) is 20.4 Å². The molecule has 0 N–H and O–H groups in total. The van der Waals surface area contributed by atoms with E-state index < -0.39 is 0 Å². The van der Waals surface area contributed by atoms with Crippen molar-refractivity contribution >= 4 is 5.65 Å². The standard InChI is InChI=1S/C21H20N4O2/c1-14-4-6-16(7-5-14)13-24-21(26)25-15(2)22-19(12-20(25)23-24)17-8-10-18(27-3)11-9-17/h4-12H,13H2,1-3H3. The second-order valence-corrected chi connectivity index (χ2v) is 6.54. The molecule has 0 bridgehead atoms. The van der Waals surface area contributed by atoms with Gasteiger partial charge in [0.15, 0.2) is 5.65 Å². The van der Waals surface area contributed by atoms with Crippen LogP contribution in [0.4, 0.5) is 0 Å². The van der Waals surface area contributed by atoms with Crippen LogP contribution < -0.4 is 10.4 Å². The number of methoxy groups -OCH3 is 1. The molecule has 0 saturated heterocycles. The molecule has 6 heteroatoms. The summed E-state index contributed by atoms with van der Waals surface area (Å²) in [6, 6.07) is 17.6. The van der Waals surface area contributed by atoms with Crippen LogP contribution in [0.2, 0.25) is 0 Å². The fourth-order valence-electron chi connectivity index (χ4n) is 3.08. The molecule has 0 atom stereocenters. The summed E-state index contributed by atoms with van der Waals surface area (Å²) in [6.45, 7) is 4.29. The predicted octanol–water partition coefficient (Wildman–Crippen LogP) is 3.23. The number of benzene rings is 2. The Morgan fingerprint density at radius 3 is 2.37 bits per heavy atom. The van der Waals surface area contributed by atoms with Gasteiger partial charge in [-0.2, -0.15) is 0 Å². The normalized spacial score (nSPS) is 11.1. The highest BCUT2D eigenvalue weighted by Crippen LogP contribution is 2.21. The van der Waals surface area contributed by atoms with Crippen LogP contribution in [0.3, 0.4) is 0 Å². The molecule has 0 saturated carbocycles. The minimum absolute atomic E-state index is 0.183. The van der Waals surface area contributed by atoms with Crippen LogP contribution >= 0.6 is 0 Å². The van der Waals surface area contributed by atoms with Crippen LogP contribution in [0.15, 0.2) is 59.4 Å². The van der Waals surface area contributed by atoms with Crippen molar-refractivity contribution in [2.24, 2.45) is 0 Å². The summed E-state index contributed by atoms with van der Waals surface area (Å²) in [5, 5.41) is 4.51. The van der Waals surface area contributed by atoms with Gasteiger partial charge in [-0.1, -0.05) is 29.8 Å². The van der Waals surface area contributed by atoms with E-state index in [0.29, 0.717) is 18.0 Å². The first kappa shape index (κ1) is 17.0. The summed E-state index contributed by atoms with van der Waals surface area (Å²) in [7, 11) is 1.64. The maximum Gasteiger partial charge on any atom is 0.352 e. The van der Waals surface area contributed by atoms with Crippen LogP contribution in [-0.2, 0) is 6.54 Å². The molecule has 0 aliphatic rings. The third-order valence-corrected chi connectivity index (χ3v) is 4.57. The van der Waals surface area contributed by atoms with Crippen molar-refractivity contribution in [1.82, 2.24) is 19.2 Å². The van der Waals surface area contributed by atoms with Gasteiger partial charge < -0.3 is 4.74 Å². The van der Waals surface area contributed by atoms with Crippen molar-refractivity contribution in [3.05, 3.63) is 82.0 Å².